The summed E-state index contributed by atoms with van der Waals surface area (Å²) in [5.74, 6) is 0.948. The summed E-state index contributed by atoms with van der Waals surface area (Å²) in [4.78, 5) is 16.6. The van der Waals surface area contributed by atoms with Gasteiger partial charge in [-0.1, -0.05) is 28.1 Å². The maximum absolute atomic E-state index is 12.1. The van der Waals surface area contributed by atoms with Crippen LogP contribution in [0.4, 0.5) is 5.95 Å². The topological polar surface area (TPSA) is 56.2 Å². The number of carbonyl (C=O) groups excluding carboxylic acids is 1. The second-order valence-corrected chi connectivity index (χ2v) is 5.87. The van der Waals surface area contributed by atoms with Crippen molar-refractivity contribution in [1.29, 1.82) is 0 Å². The van der Waals surface area contributed by atoms with Gasteiger partial charge in [0.15, 0.2) is 6.61 Å². The number of hydrogen-bond acceptors (Lipinski definition) is 3. The van der Waals surface area contributed by atoms with E-state index in [0.29, 0.717) is 11.7 Å². The highest BCUT2D eigenvalue weighted by atomic mass is 79.9. The lowest BCUT2D eigenvalue weighted by Gasteiger charge is -2.09. The van der Waals surface area contributed by atoms with E-state index in [1.807, 2.05) is 47.9 Å². The molecule has 0 saturated heterocycles. The molecule has 0 radical (unpaired) electrons. The maximum atomic E-state index is 12.1. The van der Waals surface area contributed by atoms with Gasteiger partial charge in [-0.15, -0.1) is 0 Å². The molecule has 1 aromatic heterocycles. The normalized spacial score (nSPS) is 10.7. The maximum Gasteiger partial charge on any atom is 0.264 e. The number of amides is 1. The number of aromatic nitrogens is 2. The molecule has 23 heavy (non-hydrogen) atoms. The number of hydrogen-bond donors (Lipinski definition) is 1. The smallest absolute Gasteiger partial charge is 0.264 e. The standard InChI is InChI=1S/C17H16BrN3O2/c1-2-21-15-6-4-3-5-14(15)19-17(21)20-16(22)11-23-13-9-7-12(18)8-10-13/h3-10H,2,11H2,1H3,(H,19,20,22). The number of anilines is 1. The SMILES string of the molecule is CCn1c(NC(=O)COc2ccc(Br)cc2)nc2ccccc21. The zero-order chi connectivity index (χ0) is 16.2. The van der Waals surface area contributed by atoms with Crippen molar-refractivity contribution in [3.63, 3.8) is 0 Å². The molecule has 6 heteroatoms. The first-order chi connectivity index (χ1) is 11.2. The van der Waals surface area contributed by atoms with Crippen LogP contribution in [-0.2, 0) is 11.3 Å². The number of aryl methyl sites for hydroxylation is 1. The fraction of sp³-hybridized carbons (Fsp3) is 0.176. The van der Waals surface area contributed by atoms with Crippen LogP contribution in [0.25, 0.3) is 11.0 Å². The first-order valence-electron chi connectivity index (χ1n) is 7.31. The Morgan fingerprint density at radius 1 is 1.22 bits per heavy atom. The number of para-hydroxylation sites is 2. The second-order valence-electron chi connectivity index (χ2n) is 4.96. The van der Waals surface area contributed by atoms with Crippen LogP contribution in [0, 0.1) is 0 Å². The Morgan fingerprint density at radius 2 is 1.96 bits per heavy atom. The highest BCUT2D eigenvalue weighted by Crippen LogP contribution is 2.19. The van der Waals surface area contributed by atoms with E-state index in [9.17, 15) is 4.79 Å². The Bertz CT molecular complexity index is 827. The van der Waals surface area contributed by atoms with Crippen molar-refractivity contribution < 1.29 is 9.53 Å². The lowest BCUT2D eigenvalue weighted by molar-refractivity contribution is -0.118. The fourth-order valence-electron chi connectivity index (χ4n) is 2.33. The summed E-state index contributed by atoms with van der Waals surface area (Å²) in [6.07, 6.45) is 0. The summed E-state index contributed by atoms with van der Waals surface area (Å²) in [6.45, 7) is 2.68. The van der Waals surface area contributed by atoms with Crippen LogP contribution in [0.2, 0.25) is 0 Å². The van der Waals surface area contributed by atoms with Gasteiger partial charge < -0.3 is 9.30 Å². The third-order valence-corrected chi connectivity index (χ3v) is 3.93. The van der Waals surface area contributed by atoms with Crippen LogP contribution in [-0.4, -0.2) is 22.1 Å². The molecule has 5 nitrogen and oxygen atoms in total. The third-order valence-electron chi connectivity index (χ3n) is 3.41. The highest BCUT2D eigenvalue weighted by molar-refractivity contribution is 9.10. The van der Waals surface area contributed by atoms with Gasteiger partial charge in [-0.05, 0) is 43.3 Å². The molecule has 0 saturated carbocycles. The first kappa shape index (κ1) is 15.6. The first-order valence-corrected chi connectivity index (χ1v) is 8.10. The number of nitrogens with zero attached hydrogens (tertiary/aromatic N) is 2. The summed E-state index contributed by atoms with van der Waals surface area (Å²) >= 11 is 3.36. The van der Waals surface area contributed by atoms with E-state index in [2.05, 4.69) is 26.2 Å². The molecule has 118 valence electrons. The summed E-state index contributed by atoms with van der Waals surface area (Å²) in [5, 5.41) is 2.81. The lowest BCUT2D eigenvalue weighted by Crippen LogP contribution is -2.22. The summed E-state index contributed by atoms with van der Waals surface area (Å²) in [7, 11) is 0. The van der Waals surface area contributed by atoms with E-state index < -0.39 is 0 Å². The molecule has 1 amide bonds. The molecule has 0 aliphatic carbocycles. The average molecular weight is 374 g/mol. The van der Waals surface area contributed by atoms with Gasteiger partial charge in [0.2, 0.25) is 5.95 Å². The highest BCUT2D eigenvalue weighted by Gasteiger charge is 2.12. The van der Waals surface area contributed by atoms with Crippen molar-refractivity contribution in [1.82, 2.24) is 9.55 Å². The van der Waals surface area contributed by atoms with Gasteiger partial charge in [-0.25, -0.2) is 4.98 Å². The van der Waals surface area contributed by atoms with Crippen molar-refractivity contribution in [3.8, 4) is 5.75 Å². The number of rotatable bonds is 5. The minimum atomic E-state index is -0.238. The van der Waals surface area contributed by atoms with Crippen LogP contribution in [0.5, 0.6) is 5.75 Å². The van der Waals surface area contributed by atoms with E-state index in [1.54, 1.807) is 12.1 Å². The predicted molar refractivity (Wildman–Crippen MR) is 93.7 cm³/mol. The quantitative estimate of drug-likeness (QED) is 0.739. The number of nitrogens with one attached hydrogen (secondary N) is 1. The van der Waals surface area contributed by atoms with E-state index in [0.717, 1.165) is 22.1 Å². The van der Waals surface area contributed by atoms with E-state index >= 15 is 0 Å². The summed E-state index contributed by atoms with van der Waals surface area (Å²) < 4.78 is 8.40. The Hall–Kier alpha value is -2.34. The van der Waals surface area contributed by atoms with Crippen molar-refractivity contribution in [2.45, 2.75) is 13.5 Å². The van der Waals surface area contributed by atoms with Crippen LogP contribution in [0.3, 0.4) is 0 Å². The molecule has 0 unspecified atom stereocenters. The molecule has 0 aliphatic heterocycles. The van der Waals surface area contributed by atoms with Gasteiger partial charge in [0.25, 0.3) is 5.91 Å². The number of imidazole rings is 1. The summed E-state index contributed by atoms with van der Waals surface area (Å²) in [6, 6.07) is 15.1. The summed E-state index contributed by atoms with van der Waals surface area (Å²) in [5.41, 5.74) is 1.86. The Morgan fingerprint density at radius 3 is 2.70 bits per heavy atom. The molecule has 0 aliphatic rings. The van der Waals surface area contributed by atoms with E-state index in [-0.39, 0.29) is 12.5 Å². The Labute approximate surface area is 142 Å². The van der Waals surface area contributed by atoms with Crippen molar-refractivity contribution in [3.05, 3.63) is 53.0 Å². The number of fused-ring (bicyclic) bond motifs is 1. The molecule has 0 fully saturated rings. The van der Waals surface area contributed by atoms with Crippen LogP contribution in [0.15, 0.2) is 53.0 Å². The third kappa shape index (κ3) is 3.53. The Balaban J connectivity index is 1.69. The van der Waals surface area contributed by atoms with Gasteiger partial charge in [0, 0.05) is 11.0 Å². The van der Waals surface area contributed by atoms with Crippen molar-refractivity contribution in [2.75, 3.05) is 11.9 Å². The van der Waals surface area contributed by atoms with Gasteiger partial charge in [0.05, 0.1) is 11.0 Å². The number of carbonyl (C=O) groups is 1. The lowest BCUT2D eigenvalue weighted by atomic mass is 10.3. The molecule has 0 atom stereocenters. The number of halogens is 1. The van der Waals surface area contributed by atoms with Gasteiger partial charge in [0.1, 0.15) is 5.75 Å². The fourth-order valence-corrected chi connectivity index (χ4v) is 2.60. The minimum Gasteiger partial charge on any atom is -0.484 e. The van der Waals surface area contributed by atoms with E-state index in [1.165, 1.54) is 0 Å². The molecule has 2 aromatic carbocycles. The zero-order valence-corrected chi connectivity index (χ0v) is 14.2. The van der Waals surface area contributed by atoms with Crippen molar-refractivity contribution in [2.24, 2.45) is 0 Å². The second kappa shape index (κ2) is 6.83. The molecule has 1 heterocycles. The van der Waals surface area contributed by atoms with Crippen LogP contribution < -0.4 is 10.1 Å². The molecule has 3 rings (SSSR count). The van der Waals surface area contributed by atoms with Gasteiger partial charge in [-0.3, -0.25) is 10.1 Å². The van der Waals surface area contributed by atoms with Crippen LogP contribution in [0.1, 0.15) is 6.92 Å². The van der Waals surface area contributed by atoms with Gasteiger partial charge >= 0.3 is 0 Å². The predicted octanol–water partition coefficient (Wildman–Crippen LogP) is 3.84. The molecular formula is C17H16BrN3O2. The number of benzene rings is 2. The molecule has 1 N–H and O–H groups in total. The van der Waals surface area contributed by atoms with E-state index in [4.69, 9.17) is 4.74 Å². The van der Waals surface area contributed by atoms with Gasteiger partial charge in [-0.2, -0.15) is 0 Å². The zero-order valence-electron chi connectivity index (χ0n) is 12.6. The minimum absolute atomic E-state index is 0.0610. The van der Waals surface area contributed by atoms with Crippen molar-refractivity contribution >= 4 is 38.8 Å². The Kier molecular flexibility index (Phi) is 4.62. The average Bonchev–Trinajstić information content (AvgIpc) is 2.91. The molecule has 3 aromatic rings. The monoisotopic (exact) mass is 373 g/mol. The number of ether oxygens (including phenoxy) is 1. The molecule has 0 spiro atoms. The van der Waals surface area contributed by atoms with Crippen LogP contribution >= 0.6 is 15.9 Å². The molecular weight excluding hydrogens is 358 g/mol. The largest absolute Gasteiger partial charge is 0.484 e. The molecule has 0 bridgehead atoms.